The summed E-state index contributed by atoms with van der Waals surface area (Å²) in [5, 5.41) is 0. The summed E-state index contributed by atoms with van der Waals surface area (Å²) in [6, 6.07) is 0. The Morgan fingerprint density at radius 3 is 2.48 bits per heavy atom. The van der Waals surface area contributed by atoms with Gasteiger partial charge in [0.25, 0.3) is 0 Å². The fourth-order valence-corrected chi connectivity index (χ4v) is 4.93. The van der Waals surface area contributed by atoms with Gasteiger partial charge in [-0.2, -0.15) is 0 Å². The average molecular weight is 316 g/mol. The maximum absolute atomic E-state index is 12.3. The lowest BCUT2D eigenvalue weighted by Crippen LogP contribution is -2.15. The summed E-state index contributed by atoms with van der Waals surface area (Å²) in [5.74, 6) is 0.0530. The molecular weight excluding hydrogens is 287 g/mol. The Balaban J connectivity index is 2.83. The smallest absolute Gasteiger partial charge is 0.334 e. The molecule has 0 radical (unpaired) electrons. The molecule has 1 N–H and O–H groups in total. The Bertz CT molecular complexity index is 409. The van der Waals surface area contributed by atoms with Crippen molar-refractivity contribution in [2.75, 3.05) is 18.9 Å². The third-order valence-corrected chi connectivity index (χ3v) is 5.83. The second kappa shape index (κ2) is 8.75. The van der Waals surface area contributed by atoms with E-state index in [1.165, 1.54) is 19.3 Å². The van der Waals surface area contributed by atoms with E-state index in [9.17, 15) is 14.3 Å². The zero-order valence-corrected chi connectivity index (χ0v) is 14.4. The van der Waals surface area contributed by atoms with E-state index in [1.807, 2.05) is 19.9 Å². The van der Waals surface area contributed by atoms with Gasteiger partial charge in [-0.05, 0) is 31.6 Å². The highest BCUT2D eigenvalue weighted by Crippen LogP contribution is 2.44. The summed E-state index contributed by atoms with van der Waals surface area (Å²) in [4.78, 5) is 22.2. The first-order valence-electron chi connectivity index (χ1n) is 8.02. The van der Waals surface area contributed by atoms with E-state index in [4.69, 9.17) is 4.74 Å². The Morgan fingerprint density at radius 2 is 1.95 bits per heavy atom. The number of allylic oxidation sites excluding steroid dienone is 1. The number of esters is 1. The number of rotatable bonds is 7. The van der Waals surface area contributed by atoms with Gasteiger partial charge in [0, 0.05) is 11.7 Å². The fourth-order valence-electron chi connectivity index (χ4n) is 2.90. The quantitative estimate of drug-likeness (QED) is 0.438. The molecule has 1 aliphatic carbocycles. The standard InChI is InChI=1S/C16H29O4P/c1-4-20-16(17)15(10-14-8-6-5-7-9-14)12-21(18,19)11-13(2)3/h10,13-14H,4-9,11-12H2,1-3H3,(H,18,19). The van der Waals surface area contributed by atoms with E-state index in [-0.39, 0.29) is 18.2 Å². The monoisotopic (exact) mass is 316 g/mol. The summed E-state index contributed by atoms with van der Waals surface area (Å²) >= 11 is 0. The third-order valence-electron chi connectivity index (χ3n) is 3.69. The van der Waals surface area contributed by atoms with E-state index in [0.717, 1.165) is 12.8 Å². The van der Waals surface area contributed by atoms with Crippen LogP contribution in [0.25, 0.3) is 0 Å². The van der Waals surface area contributed by atoms with Crippen LogP contribution in [0, 0.1) is 11.8 Å². The normalized spacial score (nSPS) is 20.3. The van der Waals surface area contributed by atoms with Crippen molar-refractivity contribution in [2.45, 2.75) is 52.9 Å². The average Bonchev–Trinajstić information content (AvgIpc) is 2.37. The minimum absolute atomic E-state index is 0.0550. The van der Waals surface area contributed by atoms with Gasteiger partial charge in [0.15, 0.2) is 0 Å². The molecule has 0 aromatic carbocycles. The molecule has 0 saturated heterocycles. The van der Waals surface area contributed by atoms with Gasteiger partial charge in [0.1, 0.15) is 0 Å². The van der Waals surface area contributed by atoms with Crippen molar-refractivity contribution in [3.05, 3.63) is 11.6 Å². The minimum atomic E-state index is -3.32. The van der Waals surface area contributed by atoms with E-state index in [1.54, 1.807) is 6.92 Å². The molecule has 122 valence electrons. The van der Waals surface area contributed by atoms with Gasteiger partial charge in [0.05, 0.1) is 12.8 Å². The van der Waals surface area contributed by atoms with Crippen LogP contribution in [0.15, 0.2) is 11.6 Å². The largest absolute Gasteiger partial charge is 0.463 e. The zero-order valence-electron chi connectivity index (χ0n) is 13.5. The molecule has 1 aliphatic rings. The highest BCUT2D eigenvalue weighted by molar-refractivity contribution is 7.58. The van der Waals surface area contributed by atoms with Crippen molar-refractivity contribution >= 4 is 13.3 Å². The molecule has 0 spiro atoms. The van der Waals surface area contributed by atoms with Gasteiger partial charge in [0.2, 0.25) is 7.37 Å². The van der Waals surface area contributed by atoms with E-state index >= 15 is 0 Å². The van der Waals surface area contributed by atoms with Crippen LogP contribution in [0.1, 0.15) is 52.9 Å². The molecule has 0 aromatic rings. The maximum atomic E-state index is 12.3. The Kier molecular flexibility index (Phi) is 7.69. The Labute approximate surface area is 128 Å². The van der Waals surface area contributed by atoms with Gasteiger partial charge >= 0.3 is 5.97 Å². The molecule has 5 heteroatoms. The first-order chi connectivity index (χ1) is 9.84. The Morgan fingerprint density at radius 1 is 1.33 bits per heavy atom. The first kappa shape index (κ1) is 18.4. The molecular formula is C16H29O4P. The fraction of sp³-hybridized carbons (Fsp3) is 0.812. The highest BCUT2D eigenvalue weighted by Gasteiger charge is 2.26. The molecule has 1 fully saturated rings. The van der Waals surface area contributed by atoms with Gasteiger partial charge in [-0.25, -0.2) is 4.79 Å². The van der Waals surface area contributed by atoms with Crippen LogP contribution >= 0.6 is 7.37 Å². The topological polar surface area (TPSA) is 63.6 Å². The molecule has 1 unspecified atom stereocenters. The summed E-state index contributed by atoms with van der Waals surface area (Å²) in [7, 11) is -3.32. The molecule has 0 heterocycles. The van der Waals surface area contributed by atoms with Crippen molar-refractivity contribution in [3.63, 3.8) is 0 Å². The van der Waals surface area contributed by atoms with Crippen LogP contribution in [-0.4, -0.2) is 29.8 Å². The van der Waals surface area contributed by atoms with Crippen LogP contribution < -0.4 is 0 Å². The number of carbonyl (C=O) groups is 1. The number of hydrogen-bond donors (Lipinski definition) is 1. The molecule has 0 bridgehead atoms. The molecule has 1 saturated carbocycles. The highest BCUT2D eigenvalue weighted by atomic mass is 31.2. The predicted octanol–water partition coefficient (Wildman–Crippen LogP) is 3.98. The Hall–Kier alpha value is -0.600. The lowest BCUT2D eigenvalue weighted by Gasteiger charge is -2.21. The van der Waals surface area contributed by atoms with Crippen LogP contribution in [0.4, 0.5) is 0 Å². The first-order valence-corrected chi connectivity index (χ1v) is 10.1. The lowest BCUT2D eigenvalue weighted by molar-refractivity contribution is -0.138. The van der Waals surface area contributed by atoms with Gasteiger partial charge in [-0.15, -0.1) is 0 Å². The van der Waals surface area contributed by atoms with Crippen LogP contribution in [0.5, 0.6) is 0 Å². The van der Waals surface area contributed by atoms with Crippen LogP contribution in [0.3, 0.4) is 0 Å². The van der Waals surface area contributed by atoms with Crippen molar-refractivity contribution in [3.8, 4) is 0 Å². The third kappa shape index (κ3) is 7.28. The van der Waals surface area contributed by atoms with Crippen molar-refractivity contribution in [1.29, 1.82) is 0 Å². The SMILES string of the molecule is CCOC(=O)C(=CC1CCCCC1)CP(=O)(O)CC(C)C. The van der Waals surface area contributed by atoms with Crippen molar-refractivity contribution in [1.82, 2.24) is 0 Å². The molecule has 21 heavy (non-hydrogen) atoms. The number of hydrogen-bond acceptors (Lipinski definition) is 3. The van der Waals surface area contributed by atoms with E-state index in [2.05, 4.69) is 0 Å². The number of carbonyl (C=O) groups excluding carboxylic acids is 1. The van der Waals surface area contributed by atoms with E-state index in [0.29, 0.717) is 18.1 Å². The second-order valence-electron chi connectivity index (χ2n) is 6.39. The number of ether oxygens (including phenoxy) is 1. The second-order valence-corrected chi connectivity index (χ2v) is 8.77. The zero-order chi connectivity index (χ0) is 15.9. The van der Waals surface area contributed by atoms with Crippen LogP contribution in [-0.2, 0) is 14.1 Å². The molecule has 0 aliphatic heterocycles. The van der Waals surface area contributed by atoms with Gasteiger partial charge in [-0.1, -0.05) is 39.2 Å². The van der Waals surface area contributed by atoms with Gasteiger partial charge < -0.3 is 9.63 Å². The molecule has 1 atom stereocenters. The summed E-state index contributed by atoms with van der Waals surface area (Å²) < 4.78 is 17.3. The summed E-state index contributed by atoms with van der Waals surface area (Å²) in [6.07, 6.45) is 7.78. The lowest BCUT2D eigenvalue weighted by atomic mass is 9.88. The van der Waals surface area contributed by atoms with Gasteiger partial charge in [-0.3, -0.25) is 4.57 Å². The minimum Gasteiger partial charge on any atom is -0.463 e. The molecule has 4 nitrogen and oxygen atoms in total. The maximum Gasteiger partial charge on any atom is 0.334 e. The van der Waals surface area contributed by atoms with E-state index < -0.39 is 13.3 Å². The summed E-state index contributed by atoms with van der Waals surface area (Å²) in [5.41, 5.74) is 0.398. The molecule has 1 rings (SSSR count). The predicted molar refractivity (Wildman–Crippen MR) is 85.7 cm³/mol. The molecule has 0 amide bonds. The summed E-state index contributed by atoms with van der Waals surface area (Å²) in [6.45, 7) is 5.87. The van der Waals surface area contributed by atoms with Crippen LogP contribution in [0.2, 0.25) is 0 Å². The van der Waals surface area contributed by atoms with Crippen molar-refractivity contribution < 1.29 is 19.0 Å². The molecule has 0 aromatic heterocycles. The van der Waals surface area contributed by atoms with Crippen molar-refractivity contribution in [2.24, 2.45) is 11.8 Å².